The lowest BCUT2D eigenvalue weighted by Crippen LogP contribution is -2.54. The molecule has 2 bridgehead atoms. The summed E-state index contributed by atoms with van der Waals surface area (Å²) in [7, 11) is 0. The monoisotopic (exact) mass is 547 g/mol. The van der Waals surface area contributed by atoms with Crippen LogP contribution >= 0.6 is 15.9 Å². The van der Waals surface area contributed by atoms with Crippen molar-refractivity contribution in [3.63, 3.8) is 0 Å². The van der Waals surface area contributed by atoms with Gasteiger partial charge < -0.3 is 0 Å². The number of anilines is 2. The van der Waals surface area contributed by atoms with E-state index in [0.29, 0.717) is 5.69 Å². The molecule has 5 nitrogen and oxygen atoms in total. The van der Waals surface area contributed by atoms with E-state index in [4.69, 9.17) is 5.10 Å². The second kappa shape index (κ2) is 8.25. The van der Waals surface area contributed by atoms with Gasteiger partial charge in [-0.3, -0.25) is 15.0 Å². The molecule has 0 unspecified atom stereocenters. The smallest absolute Gasteiger partial charge is 0.239 e. The van der Waals surface area contributed by atoms with Gasteiger partial charge in [0.05, 0.1) is 28.6 Å². The summed E-state index contributed by atoms with van der Waals surface area (Å²) < 4.78 is 0.892. The van der Waals surface area contributed by atoms with Gasteiger partial charge in [0.1, 0.15) is 0 Å². The number of carbonyl (C=O) groups excluding carboxylic acids is 2. The molecule has 3 aliphatic carbocycles. The number of rotatable bonds is 4. The molecule has 2 amide bonds. The van der Waals surface area contributed by atoms with Gasteiger partial charge in [-0.05, 0) is 58.7 Å². The zero-order chi connectivity index (χ0) is 25.1. The quantitative estimate of drug-likeness (QED) is 0.191. The van der Waals surface area contributed by atoms with Crippen molar-refractivity contribution in [3.8, 4) is 0 Å². The van der Waals surface area contributed by atoms with Crippen LogP contribution in [0.1, 0.15) is 28.2 Å². The molecule has 1 fully saturated rings. The molecule has 1 N–H and O–H groups in total. The van der Waals surface area contributed by atoms with Crippen LogP contribution in [0.15, 0.2) is 113 Å². The molecule has 0 radical (unpaired) electrons. The molecule has 4 aliphatic rings. The molecule has 1 aliphatic heterocycles. The van der Waals surface area contributed by atoms with Gasteiger partial charge in [-0.2, -0.15) is 5.10 Å². The number of nitrogens with one attached hydrogen (secondary N) is 1. The van der Waals surface area contributed by atoms with E-state index in [1.54, 1.807) is 0 Å². The Morgan fingerprint density at radius 3 is 2.00 bits per heavy atom. The van der Waals surface area contributed by atoms with Crippen LogP contribution in [-0.4, -0.2) is 18.0 Å². The summed E-state index contributed by atoms with van der Waals surface area (Å²) in [4.78, 5) is 29.8. The summed E-state index contributed by atoms with van der Waals surface area (Å²) in [5.74, 6) is -1.63. The van der Waals surface area contributed by atoms with E-state index >= 15 is 0 Å². The number of imide groups is 1. The number of hydrogen-bond donors (Lipinski definition) is 1. The Labute approximate surface area is 223 Å². The Bertz CT molecular complexity index is 1530. The lowest BCUT2D eigenvalue weighted by Gasteiger charge is -2.52. The first-order valence-electron chi connectivity index (χ1n) is 12.3. The largest absolute Gasteiger partial charge is 0.279 e. The fourth-order valence-corrected chi connectivity index (χ4v) is 6.88. The highest BCUT2D eigenvalue weighted by Crippen LogP contribution is 2.63. The van der Waals surface area contributed by atoms with E-state index in [0.717, 1.165) is 32.4 Å². The molecular weight excluding hydrogens is 526 g/mol. The Morgan fingerprint density at radius 2 is 1.35 bits per heavy atom. The van der Waals surface area contributed by atoms with Crippen LogP contribution < -0.4 is 10.3 Å². The Morgan fingerprint density at radius 1 is 0.757 bits per heavy atom. The van der Waals surface area contributed by atoms with Crippen LogP contribution in [0.25, 0.3) is 0 Å². The maximum atomic E-state index is 14.3. The molecule has 0 saturated carbocycles. The second-order valence-electron chi connectivity index (χ2n) is 9.75. The average molecular weight is 548 g/mol. The van der Waals surface area contributed by atoms with Crippen LogP contribution in [0, 0.1) is 11.8 Å². The summed E-state index contributed by atoms with van der Waals surface area (Å²) >= 11 is 3.46. The number of carbonyl (C=O) groups is 2. The van der Waals surface area contributed by atoms with E-state index < -0.39 is 17.3 Å². The van der Waals surface area contributed by atoms with Crippen molar-refractivity contribution in [1.29, 1.82) is 0 Å². The van der Waals surface area contributed by atoms with Crippen LogP contribution in [0.3, 0.4) is 0 Å². The number of halogens is 1. The maximum Gasteiger partial charge on any atom is 0.239 e. The summed E-state index contributed by atoms with van der Waals surface area (Å²) in [6.45, 7) is 0. The van der Waals surface area contributed by atoms with Crippen molar-refractivity contribution in [2.45, 2.75) is 11.3 Å². The molecule has 4 aromatic rings. The van der Waals surface area contributed by atoms with Gasteiger partial charge in [-0.25, -0.2) is 4.90 Å². The van der Waals surface area contributed by atoms with Crippen LogP contribution in [-0.2, 0) is 15.0 Å². The predicted molar refractivity (Wildman–Crippen MR) is 148 cm³/mol. The molecule has 1 saturated heterocycles. The molecule has 2 atom stereocenters. The van der Waals surface area contributed by atoms with Gasteiger partial charge in [-0.1, -0.05) is 82.7 Å². The maximum absolute atomic E-state index is 14.3. The van der Waals surface area contributed by atoms with Gasteiger partial charge in [0.25, 0.3) is 0 Å². The number of hydrogen-bond acceptors (Lipinski definition) is 4. The van der Waals surface area contributed by atoms with Crippen molar-refractivity contribution in [2.24, 2.45) is 16.9 Å². The standard InChI is InChI=1S/C31H22BrN3O2/c32-19-14-16-21(17-15-19)35-29(36)27-26-22-10-4-6-12-24(22)31(28(27)30(35)37,25-13-7-5-11-23(25)26)18-33-34-20-8-2-1-3-9-20/h1-18,26-28,34H/b33-18-/t26?,27-,28-,31?/m1/s1. The lowest BCUT2D eigenvalue weighted by molar-refractivity contribution is -0.122. The number of benzene rings is 4. The molecule has 0 aromatic heterocycles. The molecule has 0 spiro atoms. The molecule has 6 heteroatoms. The molecule has 37 heavy (non-hydrogen) atoms. The van der Waals surface area contributed by atoms with Crippen LogP contribution in [0.2, 0.25) is 0 Å². The van der Waals surface area contributed by atoms with Crippen molar-refractivity contribution >= 4 is 45.3 Å². The minimum Gasteiger partial charge on any atom is -0.279 e. The zero-order valence-electron chi connectivity index (χ0n) is 19.7. The van der Waals surface area contributed by atoms with E-state index in [9.17, 15) is 9.59 Å². The Balaban J connectivity index is 1.45. The minimum absolute atomic E-state index is 0.153. The van der Waals surface area contributed by atoms with Gasteiger partial charge in [0.2, 0.25) is 11.8 Å². The molecular formula is C31H22BrN3O2. The Kier molecular flexibility index (Phi) is 4.95. The summed E-state index contributed by atoms with van der Waals surface area (Å²) in [6, 6.07) is 33.5. The van der Waals surface area contributed by atoms with Gasteiger partial charge in [-0.15, -0.1) is 0 Å². The van der Waals surface area contributed by atoms with Gasteiger partial charge >= 0.3 is 0 Å². The van der Waals surface area contributed by atoms with Crippen LogP contribution in [0.4, 0.5) is 11.4 Å². The fourth-order valence-electron chi connectivity index (χ4n) is 6.62. The third-order valence-corrected chi connectivity index (χ3v) is 8.53. The first-order valence-corrected chi connectivity index (χ1v) is 13.1. The van der Waals surface area contributed by atoms with Crippen molar-refractivity contribution in [2.75, 3.05) is 10.3 Å². The second-order valence-corrected chi connectivity index (χ2v) is 10.7. The number of amides is 2. The normalized spacial score (nSPS) is 25.2. The van der Waals surface area contributed by atoms with Gasteiger partial charge in [0.15, 0.2) is 0 Å². The topological polar surface area (TPSA) is 61.8 Å². The molecule has 1 heterocycles. The summed E-state index contributed by atoms with van der Waals surface area (Å²) in [5.41, 5.74) is 7.96. The summed E-state index contributed by atoms with van der Waals surface area (Å²) in [5, 5.41) is 4.70. The zero-order valence-corrected chi connectivity index (χ0v) is 21.3. The van der Waals surface area contributed by atoms with E-state index in [2.05, 4.69) is 45.6 Å². The average Bonchev–Trinajstić information content (AvgIpc) is 3.21. The lowest BCUT2D eigenvalue weighted by atomic mass is 9.47. The first-order chi connectivity index (χ1) is 18.1. The molecule has 4 aromatic carbocycles. The Hall–Kier alpha value is -4.03. The van der Waals surface area contributed by atoms with Gasteiger partial charge in [0, 0.05) is 16.6 Å². The number of para-hydroxylation sites is 1. The van der Waals surface area contributed by atoms with Crippen LogP contribution in [0.5, 0.6) is 0 Å². The van der Waals surface area contributed by atoms with E-state index in [1.165, 1.54) is 4.90 Å². The highest BCUT2D eigenvalue weighted by Gasteiger charge is 2.68. The highest BCUT2D eigenvalue weighted by atomic mass is 79.9. The number of nitrogens with zero attached hydrogens (tertiary/aromatic N) is 2. The predicted octanol–water partition coefficient (Wildman–Crippen LogP) is 6.10. The SMILES string of the molecule is O=C1[C@@H]2C3c4ccccc4C(/C=N\Nc4ccccc4)(c4ccccc43)[C@H]2C(=O)N1c1ccc(Br)cc1. The van der Waals surface area contributed by atoms with E-state index in [1.807, 2.05) is 85.1 Å². The third-order valence-electron chi connectivity index (χ3n) is 8.00. The van der Waals surface area contributed by atoms with Crippen molar-refractivity contribution in [3.05, 3.63) is 130 Å². The summed E-state index contributed by atoms with van der Waals surface area (Å²) in [6.07, 6.45) is 1.86. The molecule has 8 rings (SSSR count). The van der Waals surface area contributed by atoms with E-state index in [-0.39, 0.29) is 17.7 Å². The fraction of sp³-hybridized carbons (Fsp3) is 0.129. The third kappa shape index (κ3) is 3.05. The molecule has 180 valence electrons. The van der Waals surface area contributed by atoms with Crippen molar-refractivity contribution < 1.29 is 9.59 Å². The number of hydrazone groups is 1. The van der Waals surface area contributed by atoms with Crippen molar-refractivity contribution in [1.82, 2.24) is 0 Å². The highest BCUT2D eigenvalue weighted by molar-refractivity contribution is 9.10. The first kappa shape index (κ1) is 22.2. The minimum atomic E-state index is -0.884.